The largest absolute Gasteiger partial charge is 0.353 e. The molecule has 1 atom stereocenters. The van der Waals surface area contributed by atoms with Gasteiger partial charge < -0.3 is 10.6 Å². The Kier molecular flexibility index (Phi) is 7.17. The Balaban J connectivity index is 2.10. The van der Waals surface area contributed by atoms with E-state index in [0.717, 1.165) is 11.1 Å². The third-order valence-electron chi connectivity index (χ3n) is 4.55. The minimum absolute atomic E-state index is 0.115. The standard InChI is InChI=1S/C23H30N2O2/c1-17(2)15-20(26)25-21(18-11-7-5-8-12-18)22(27)24-16-23(3,4)19-13-9-6-10-14-19/h5-14,17,21H,15-16H2,1-4H3,(H,24,27)(H,25,26). The highest BCUT2D eigenvalue weighted by molar-refractivity contribution is 5.88. The van der Waals surface area contributed by atoms with Crippen LogP contribution in [-0.2, 0) is 15.0 Å². The Morgan fingerprint density at radius 1 is 0.926 bits per heavy atom. The number of nitrogens with one attached hydrogen (secondary N) is 2. The van der Waals surface area contributed by atoms with Crippen LogP contribution < -0.4 is 10.6 Å². The van der Waals surface area contributed by atoms with Gasteiger partial charge in [0, 0.05) is 18.4 Å². The quantitative estimate of drug-likeness (QED) is 0.742. The molecule has 0 radical (unpaired) electrons. The molecule has 0 spiro atoms. The summed E-state index contributed by atoms with van der Waals surface area (Å²) >= 11 is 0. The van der Waals surface area contributed by atoms with Crippen LogP contribution in [0.5, 0.6) is 0 Å². The first-order valence-corrected chi connectivity index (χ1v) is 9.47. The molecule has 2 aromatic carbocycles. The summed E-state index contributed by atoms with van der Waals surface area (Å²) in [5, 5.41) is 5.91. The summed E-state index contributed by atoms with van der Waals surface area (Å²) in [5.41, 5.74) is 1.73. The number of rotatable bonds is 8. The molecule has 2 rings (SSSR count). The lowest BCUT2D eigenvalue weighted by molar-refractivity contribution is -0.129. The molecule has 0 heterocycles. The van der Waals surface area contributed by atoms with E-state index in [9.17, 15) is 9.59 Å². The number of amides is 2. The first-order valence-electron chi connectivity index (χ1n) is 9.47. The summed E-state index contributed by atoms with van der Waals surface area (Å²) < 4.78 is 0. The van der Waals surface area contributed by atoms with Crippen LogP contribution in [0.3, 0.4) is 0 Å². The van der Waals surface area contributed by atoms with Crippen molar-refractivity contribution in [3.63, 3.8) is 0 Å². The molecule has 0 saturated carbocycles. The molecule has 2 aromatic rings. The van der Waals surface area contributed by atoms with Crippen molar-refractivity contribution in [1.29, 1.82) is 0 Å². The van der Waals surface area contributed by atoms with Gasteiger partial charge in [0.05, 0.1) is 0 Å². The van der Waals surface area contributed by atoms with Crippen LogP contribution >= 0.6 is 0 Å². The van der Waals surface area contributed by atoms with E-state index in [4.69, 9.17) is 0 Å². The van der Waals surface area contributed by atoms with E-state index in [1.54, 1.807) is 0 Å². The van der Waals surface area contributed by atoms with Crippen molar-refractivity contribution >= 4 is 11.8 Å². The van der Waals surface area contributed by atoms with Crippen molar-refractivity contribution in [2.45, 2.75) is 45.6 Å². The van der Waals surface area contributed by atoms with Crippen LogP contribution in [0.25, 0.3) is 0 Å². The minimum atomic E-state index is -0.691. The van der Waals surface area contributed by atoms with Gasteiger partial charge in [-0.1, -0.05) is 88.4 Å². The predicted octanol–water partition coefficient (Wildman–Crippen LogP) is 3.98. The Hall–Kier alpha value is -2.62. The monoisotopic (exact) mass is 366 g/mol. The van der Waals surface area contributed by atoms with Crippen LogP contribution in [0.1, 0.15) is 51.3 Å². The molecule has 27 heavy (non-hydrogen) atoms. The van der Waals surface area contributed by atoms with Gasteiger partial charge in [-0.25, -0.2) is 0 Å². The molecule has 2 amide bonds. The van der Waals surface area contributed by atoms with E-state index >= 15 is 0 Å². The van der Waals surface area contributed by atoms with Gasteiger partial charge in [-0.15, -0.1) is 0 Å². The molecule has 4 heteroatoms. The first-order chi connectivity index (χ1) is 12.8. The fourth-order valence-electron chi connectivity index (χ4n) is 2.94. The third-order valence-corrected chi connectivity index (χ3v) is 4.55. The van der Waals surface area contributed by atoms with Gasteiger partial charge in [0.25, 0.3) is 0 Å². The zero-order valence-electron chi connectivity index (χ0n) is 16.7. The highest BCUT2D eigenvalue weighted by atomic mass is 16.2. The molecule has 0 fully saturated rings. The minimum Gasteiger partial charge on any atom is -0.353 e. The van der Waals surface area contributed by atoms with Crippen molar-refractivity contribution in [1.82, 2.24) is 10.6 Å². The van der Waals surface area contributed by atoms with Gasteiger partial charge in [-0.3, -0.25) is 9.59 Å². The molecule has 1 unspecified atom stereocenters. The number of hydrogen-bond acceptors (Lipinski definition) is 2. The van der Waals surface area contributed by atoms with E-state index < -0.39 is 6.04 Å². The Morgan fingerprint density at radius 3 is 2.04 bits per heavy atom. The van der Waals surface area contributed by atoms with Gasteiger partial charge in [0.2, 0.25) is 11.8 Å². The average Bonchev–Trinajstić information content (AvgIpc) is 2.65. The van der Waals surface area contributed by atoms with E-state index in [1.807, 2.05) is 62.4 Å². The summed E-state index contributed by atoms with van der Waals surface area (Å²) in [4.78, 5) is 25.2. The molecule has 4 nitrogen and oxygen atoms in total. The van der Waals surface area contributed by atoms with Crippen molar-refractivity contribution < 1.29 is 9.59 Å². The molecule has 0 bridgehead atoms. The van der Waals surface area contributed by atoms with E-state index in [2.05, 4.69) is 36.6 Å². The van der Waals surface area contributed by atoms with Crippen molar-refractivity contribution in [3.05, 3.63) is 71.8 Å². The molecule has 2 N–H and O–H groups in total. The average molecular weight is 367 g/mol. The van der Waals surface area contributed by atoms with Gasteiger partial charge in [0.15, 0.2) is 0 Å². The lowest BCUT2D eigenvalue weighted by Crippen LogP contribution is -2.44. The maximum Gasteiger partial charge on any atom is 0.247 e. The van der Waals surface area contributed by atoms with Gasteiger partial charge in [-0.2, -0.15) is 0 Å². The molecule has 0 aliphatic carbocycles. The van der Waals surface area contributed by atoms with Gasteiger partial charge in [-0.05, 0) is 17.0 Å². The molecule has 144 valence electrons. The Bertz CT molecular complexity index is 739. The van der Waals surface area contributed by atoms with E-state index in [0.29, 0.717) is 13.0 Å². The second kappa shape index (κ2) is 9.36. The lowest BCUT2D eigenvalue weighted by Gasteiger charge is -2.27. The normalized spacial score (nSPS) is 12.5. The van der Waals surface area contributed by atoms with Gasteiger partial charge >= 0.3 is 0 Å². The fourth-order valence-corrected chi connectivity index (χ4v) is 2.94. The molecule has 0 aliphatic rings. The highest BCUT2D eigenvalue weighted by Crippen LogP contribution is 2.22. The molecule has 0 aliphatic heterocycles. The summed E-state index contributed by atoms with van der Waals surface area (Å²) in [7, 11) is 0. The Labute approximate surface area is 162 Å². The summed E-state index contributed by atoms with van der Waals surface area (Å²) in [6.45, 7) is 8.65. The SMILES string of the molecule is CC(C)CC(=O)NC(C(=O)NCC(C)(C)c1ccccc1)c1ccccc1. The molecule has 0 saturated heterocycles. The van der Waals surface area contributed by atoms with Crippen molar-refractivity contribution in [2.75, 3.05) is 6.54 Å². The number of carbonyl (C=O) groups is 2. The highest BCUT2D eigenvalue weighted by Gasteiger charge is 2.26. The third kappa shape index (κ3) is 6.24. The molecular formula is C23H30N2O2. The lowest BCUT2D eigenvalue weighted by atomic mass is 9.84. The fraction of sp³-hybridized carbons (Fsp3) is 0.391. The van der Waals surface area contributed by atoms with Crippen LogP contribution in [0.15, 0.2) is 60.7 Å². The molecule has 0 aromatic heterocycles. The smallest absolute Gasteiger partial charge is 0.247 e. The zero-order valence-corrected chi connectivity index (χ0v) is 16.7. The number of hydrogen-bond donors (Lipinski definition) is 2. The van der Waals surface area contributed by atoms with E-state index in [1.165, 1.54) is 0 Å². The summed E-state index contributed by atoms with van der Waals surface area (Å²) in [6.07, 6.45) is 0.395. The van der Waals surface area contributed by atoms with Crippen molar-refractivity contribution in [2.24, 2.45) is 5.92 Å². The second-order valence-electron chi connectivity index (χ2n) is 7.98. The van der Waals surface area contributed by atoms with Crippen LogP contribution in [-0.4, -0.2) is 18.4 Å². The van der Waals surface area contributed by atoms with Crippen LogP contribution in [0, 0.1) is 5.92 Å². The zero-order chi connectivity index (χ0) is 19.9. The van der Waals surface area contributed by atoms with E-state index in [-0.39, 0.29) is 23.1 Å². The topological polar surface area (TPSA) is 58.2 Å². The predicted molar refractivity (Wildman–Crippen MR) is 109 cm³/mol. The summed E-state index contributed by atoms with van der Waals surface area (Å²) in [5.74, 6) is -0.0693. The maximum atomic E-state index is 12.9. The summed E-state index contributed by atoms with van der Waals surface area (Å²) in [6, 6.07) is 18.8. The van der Waals surface area contributed by atoms with Crippen LogP contribution in [0.2, 0.25) is 0 Å². The first kappa shape index (κ1) is 20.7. The second-order valence-corrected chi connectivity index (χ2v) is 7.98. The Morgan fingerprint density at radius 2 is 1.48 bits per heavy atom. The van der Waals surface area contributed by atoms with Crippen LogP contribution in [0.4, 0.5) is 0 Å². The molecular weight excluding hydrogens is 336 g/mol. The van der Waals surface area contributed by atoms with Crippen molar-refractivity contribution in [3.8, 4) is 0 Å². The van der Waals surface area contributed by atoms with Gasteiger partial charge in [0.1, 0.15) is 6.04 Å². The number of benzene rings is 2. The maximum absolute atomic E-state index is 12.9. The number of carbonyl (C=O) groups excluding carboxylic acids is 2.